The molecule has 10 heteroatoms. The number of piperazine rings is 1. The Balaban J connectivity index is 1.08. The van der Waals surface area contributed by atoms with E-state index in [0.717, 1.165) is 77.4 Å². The number of rotatable bonds is 8. The lowest BCUT2D eigenvalue weighted by atomic mass is 9.77. The topological polar surface area (TPSA) is 104 Å². The number of aryl methyl sites for hydroxylation is 3. The minimum atomic E-state index is -1.89. The van der Waals surface area contributed by atoms with E-state index in [2.05, 4.69) is 50.1 Å². The van der Waals surface area contributed by atoms with Gasteiger partial charge in [0.05, 0.1) is 17.7 Å². The van der Waals surface area contributed by atoms with Gasteiger partial charge in [-0.1, -0.05) is 30.3 Å². The van der Waals surface area contributed by atoms with E-state index in [-0.39, 0.29) is 24.7 Å². The van der Waals surface area contributed by atoms with Crippen LogP contribution in [0.3, 0.4) is 0 Å². The van der Waals surface area contributed by atoms with E-state index in [0.29, 0.717) is 24.2 Å². The molecule has 1 saturated carbocycles. The van der Waals surface area contributed by atoms with Crippen LogP contribution in [0.4, 0.5) is 15.9 Å². The number of imidazole rings is 1. The van der Waals surface area contributed by atoms with Gasteiger partial charge in [-0.15, -0.1) is 0 Å². The Morgan fingerprint density at radius 3 is 2.53 bits per heavy atom. The van der Waals surface area contributed by atoms with Crippen LogP contribution in [-0.4, -0.2) is 63.2 Å². The Morgan fingerprint density at radius 1 is 1.04 bits per heavy atom. The number of carbonyl (C=O) groups excluding carboxylic acids is 2. The van der Waals surface area contributed by atoms with Gasteiger partial charge in [-0.05, 0) is 92.0 Å². The molecule has 0 radical (unpaired) electrons. The maximum atomic E-state index is 15.0. The van der Waals surface area contributed by atoms with Crippen molar-refractivity contribution in [1.82, 2.24) is 25.2 Å². The number of nitrogens with one attached hydrogen (secondary N) is 3. The Morgan fingerprint density at radius 2 is 1.83 bits per heavy atom. The van der Waals surface area contributed by atoms with Crippen molar-refractivity contribution in [1.29, 1.82) is 0 Å². The van der Waals surface area contributed by atoms with Crippen LogP contribution in [0.1, 0.15) is 54.8 Å². The fourth-order valence-corrected chi connectivity index (χ4v) is 7.81. The summed E-state index contributed by atoms with van der Waals surface area (Å²) in [6, 6.07) is 18.3. The SMILES string of the molecule is Cc1ncn(C)c1-c1ccc(NC(=O)C(NC(=O)C2(F)CC2)[C@@H]2CCCc3ccc(-c4ccnc(N5C[C@H]6C[C@@H]5CN6)c4)cc32)cc1. The first-order valence-electron chi connectivity index (χ1n) is 16.7. The zero-order valence-corrected chi connectivity index (χ0v) is 26.8. The quantitative estimate of drug-likeness (QED) is 0.251. The molecule has 1 unspecified atom stereocenters. The summed E-state index contributed by atoms with van der Waals surface area (Å²) in [6.45, 7) is 3.91. The number of nitrogens with zero attached hydrogens (tertiary/aromatic N) is 4. The molecule has 3 fully saturated rings. The number of alkyl halides is 1. The van der Waals surface area contributed by atoms with Gasteiger partial charge in [0.15, 0.2) is 5.67 Å². The zero-order chi connectivity index (χ0) is 32.3. The largest absolute Gasteiger partial charge is 0.351 e. The lowest BCUT2D eigenvalue weighted by Gasteiger charge is -2.33. The number of anilines is 2. The van der Waals surface area contributed by atoms with E-state index >= 15 is 0 Å². The minimum absolute atomic E-state index is 0.187. The van der Waals surface area contributed by atoms with Crippen molar-refractivity contribution >= 4 is 23.3 Å². The Bertz CT molecular complexity index is 1830. The molecule has 4 aliphatic rings. The first-order valence-corrected chi connectivity index (χ1v) is 16.7. The highest BCUT2D eigenvalue weighted by Gasteiger charge is 2.52. The summed E-state index contributed by atoms with van der Waals surface area (Å²) in [6.07, 6.45) is 7.64. The van der Waals surface area contributed by atoms with Gasteiger partial charge in [-0.25, -0.2) is 14.4 Å². The fourth-order valence-electron chi connectivity index (χ4n) is 7.81. The number of hydrogen-bond acceptors (Lipinski definition) is 6. The molecule has 4 heterocycles. The van der Waals surface area contributed by atoms with Crippen LogP contribution >= 0.6 is 0 Å². The van der Waals surface area contributed by atoms with E-state index < -0.39 is 17.6 Å². The third kappa shape index (κ3) is 5.58. The molecule has 4 aromatic rings. The first kappa shape index (κ1) is 29.8. The summed E-state index contributed by atoms with van der Waals surface area (Å²) < 4.78 is 17.0. The van der Waals surface area contributed by atoms with Gasteiger partial charge in [-0.2, -0.15) is 0 Å². The maximum absolute atomic E-state index is 15.0. The molecule has 4 atom stereocenters. The van der Waals surface area contributed by atoms with Crippen molar-refractivity contribution < 1.29 is 14.0 Å². The highest BCUT2D eigenvalue weighted by Crippen LogP contribution is 2.42. The molecule has 47 heavy (non-hydrogen) atoms. The minimum Gasteiger partial charge on any atom is -0.351 e. The number of amides is 2. The second kappa shape index (κ2) is 11.6. The summed E-state index contributed by atoms with van der Waals surface area (Å²) in [5.41, 5.74) is 5.93. The van der Waals surface area contributed by atoms with Crippen LogP contribution in [0.25, 0.3) is 22.4 Å². The summed E-state index contributed by atoms with van der Waals surface area (Å²) in [7, 11) is 1.95. The molecule has 9 nitrogen and oxygen atoms in total. The molecule has 2 amide bonds. The predicted octanol–water partition coefficient (Wildman–Crippen LogP) is 5.05. The molecular formula is C37H40FN7O2. The third-order valence-corrected chi connectivity index (χ3v) is 10.5. The maximum Gasteiger partial charge on any atom is 0.258 e. The molecule has 2 aliphatic carbocycles. The second-order valence-corrected chi connectivity index (χ2v) is 13.7. The average molecular weight is 634 g/mol. The molecule has 242 valence electrons. The van der Waals surface area contributed by atoms with E-state index in [1.54, 1.807) is 6.33 Å². The number of halogens is 1. The highest BCUT2D eigenvalue weighted by molar-refractivity contribution is 6.00. The van der Waals surface area contributed by atoms with Crippen molar-refractivity contribution in [2.24, 2.45) is 7.05 Å². The lowest BCUT2D eigenvalue weighted by molar-refractivity contribution is -0.131. The summed E-state index contributed by atoms with van der Waals surface area (Å²) >= 11 is 0. The summed E-state index contributed by atoms with van der Waals surface area (Å²) in [5.74, 6) is -0.365. The molecule has 2 aromatic carbocycles. The fraction of sp³-hybridized carbons (Fsp3) is 0.405. The summed E-state index contributed by atoms with van der Waals surface area (Å²) in [4.78, 5) is 38.6. The van der Waals surface area contributed by atoms with Gasteiger partial charge in [0.1, 0.15) is 11.9 Å². The van der Waals surface area contributed by atoms with Crippen LogP contribution in [-0.2, 0) is 23.1 Å². The molecule has 2 bridgehead atoms. The van der Waals surface area contributed by atoms with Crippen molar-refractivity contribution in [3.63, 3.8) is 0 Å². The summed E-state index contributed by atoms with van der Waals surface area (Å²) in [5, 5.41) is 9.45. The van der Waals surface area contributed by atoms with Crippen LogP contribution < -0.4 is 20.9 Å². The van der Waals surface area contributed by atoms with Gasteiger partial charge in [-0.3, -0.25) is 9.59 Å². The predicted molar refractivity (Wildman–Crippen MR) is 180 cm³/mol. The number of carbonyl (C=O) groups is 2. The van der Waals surface area contributed by atoms with Crippen LogP contribution in [0.15, 0.2) is 67.1 Å². The standard InChI is InChI=1S/C37H40FN7O2/c1-22-34(44(2)21-41-22)24-8-10-27(11-9-24)42-35(46)33(43-36(47)37(38)13-14-37)30-5-3-4-23-6-7-25(16-31(23)30)26-12-15-39-32(17-26)45-20-28-18-29(45)19-40-28/h6-12,15-17,21,28-30,33,40H,3-5,13-14,18-20H2,1-2H3,(H,42,46)(H,43,47)/t28-,29-,30-,33?/m1/s1. The van der Waals surface area contributed by atoms with E-state index in [9.17, 15) is 14.0 Å². The van der Waals surface area contributed by atoms with Crippen molar-refractivity contribution in [2.45, 2.75) is 75.2 Å². The van der Waals surface area contributed by atoms with Gasteiger partial charge >= 0.3 is 0 Å². The molecule has 3 N–H and O–H groups in total. The Hall–Kier alpha value is -4.57. The van der Waals surface area contributed by atoms with E-state index in [1.807, 2.05) is 55.1 Å². The number of benzene rings is 2. The monoisotopic (exact) mass is 633 g/mol. The van der Waals surface area contributed by atoms with E-state index in [1.165, 1.54) is 0 Å². The Kier molecular flexibility index (Phi) is 7.35. The molecule has 2 aromatic heterocycles. The number of aromatic nitrogens is 3. The lowest BCUT2D eigenvalue weighted by Crippen LogP contribution is -2.51. The van der Waals surface area contributed by atoms with Gasteiger partial charge in [0.25, 0.3) is 5.91 Å². The molecule has 2 aliphatic heterocycles. The molecule has 2 saturated heterocycles. The Labute approximate surface area is 274 Å². The molecule has 8 rings (SSSR count). The zero-order valence-electron chi connectivity index (χ0n) is 26.8. The van der Waals surface area contributed by atoms with Crippen molar-refractivity contribution in [3.05, 3.63) is 83.9 Å². The van der Waals surface area contributed by atoms with Crippen molar-refractivity contribution in [2.75, 3.05) is 23.3 Å². The van der Waals surface area contributed by atoms with Crippen molar-refractivity contribution in [3.8, 4) is 22.4 Å². The number of pyridine rings is 1. The van der Waals surface area contributed by atoms with E-state index in [4.69, 9.17) is 4.98 Å². The normalized spacial score (nSPS) is 22.9. The van der Waals surface area contributed by atoms with Crippen LogP contribution in [0.5, 0.6) is 0 Å². The molecule has 0 spiro atoms. The van der Waals surface area contributed by atoms with Gasteiger partial charge in [0, 0.05) is 55.6 Å². The van der Waals surface area contributed by atoms with Crippen LogP contribution in [0, 0.1) is 6.92 Å². The van der Waals surface area contributed by atoms with Crippen LogP contribution in [0.2, 0.25) is 0 Å². The average Bonchev–Trinajstić information content (AvgIpc) is 3.37. The highest BCUT2D eigenvalue weighted by atomic mass is 19.1. The second-order valence-electron chi connectivity index (χ2n) is 13.7. The first-order chi connectivity index (χ1) is 22.8. The number of hydrogen-bond donors (Lipinski definition) is 3. The van der Waals surface area contributed by atoms with Gasteiger partial charge < -0.3 is 25.4 Å². The smallest absolute Gasteiger partial charge is 0.258 e. The third-order valence-electron chi connectivity index (χ3n) is 10.5. The van der Waals surface area contributed by atoms with Gasteiger partial charge in [0.2, 0.25) is 5.91 Å². The number of fused-ring (bicyclic) bond motifs is 3. The molecular weight excluding hydrogens is 593 g/mol.